The topological polar surface area (TPSA) is 63.4 Å². The summed E-state index contributed by atoms with van der Waals surface area (Å²) in [6, 6.07) is 4.77. The van der Waals surface area contributed by atoms with Crippen molar-refractivity contribution in [2.45, 2.75) is 26.4 Å². The molecule has 1 rings (SSSR count). The van der Waals surface area contributed by atoms with Gasteiger partial charge in [0.1, 0.15) is 0 Å². The molecule has 0 aliphatic heterocycles. The number of hydrogen-bond acceptors (Lipinski definition) is 3. The van der Waals surface area contributed by atoms with Crippen molar-refractivity contribution in [2.24, 2.45) is 0 Å². The third-order valence-corrected chi connectivity index (χ3v) is 2.06. The van der Waals surface area contributed by atoms with E-state index >= 15 is 0 Å². The van der Waals surface area contributed by atoms with Gasteiger partial charge in [0.2, 0.25) is 0 Å². The van der Waals surface area contributed by atoms with Crippen LogP contribution in [0.3, 0.4) is 0 Å². The SMILES string of the molecule is Cc1cccc([N+](=O)[O-])c1C(C)(C)O. The monoisotopic (exact) mass is 195 g/mol. The summed E-state index contributed by atoms with van der Waals surface area (Å²) < 4.78 is 0. The zero-order chi connectivity index (χ0) is 10.9. The molecule has 0 unspecified atom stereocenters. The van der Waals surface area contributed by atoms with E-state index in [1.807, 2.05) is 0 Å². The van der Waals surface area contributed by atoms with Crippen molar-refractivity contribution in [1.29, 1.82) is 0 Å². The molecule has 0 saturated carbocycles. The first-order valence-corrected chi connectivity index (χ1v) is 4.31. The molecule has 0 aliphatic rings. The second kappa shape index (κ2) is 3.38. The fourth-order valence-electron chi connectivity index (χ4n) is 1.60. The second-order valence-corrected chi connectivity index (χ2v) is 3.79. The number of rotatable bonds is 2. The smallest absolute Gasteiger partial charge is 0.275 e. The number of nitrogens with zero attached hydrogens (tertiary/aromatic N) is 1. The summed E-state index contributed by atoms with van der Waals surface area (Å²) >= 11 is 0. The molecule has 0 saturated heterocycles. The highest BCUT2D eigenvalue weighted by atomic mass is 16.6. The summed E-state index contributed by atoms with van der Waals surface area (Å²) in [5.41, 5.74) is -0.109. The summed E-state index contributed by atoms with van der Waals surface area (Å²) in [7, 11) is 0. The molecule has 76 valence electrons. The van der Waals surface area contributed by atoms with E-state index in [9.17, 15) is 15.2 Å². The van der Waals surface area contributed by atoms with Crippen LogP contribution in [0.1, 0.15) is 25.0 Å². The Bertz CT molecular complexity index is 366. The van der Waals surface area contributed by atoms with E-state index in [0.717, 1.165) is 5.56 Å². The summed E-state index contributed by atoms with van der Waals surface area (Å²) in [5, 5.41) is 20.5. The maximum atomic E-state index is 10.7. The molecule has 0 atom stereocenters. The van der Waals surface area contributed by atoms with E-state index in [-0.39, 0.29) is 5.69 Å². The quantitative estimate of drug-likeness (QED) is 0.580. The second-order valence-electron chi connectivity index (χ2n) is 3.79. The largest absolute Gasteiger partial charge is 0.385 e. The van der Waals surface area contributed by atoms with Gasteiger partial charge in [-0.05, 0) is 26.3 Å². The fraction of sp³-hybridized carbons (Fsp3) is 0.400. The molecule has 0 aromatic heterocycles. The molecule has 1 aromatic carbocycles. The number of aryl methyl sites for hydroxylation is 1. The van der Waals surface area contributed by atoms with Crippen molar-refractivity contribution in [3.63, 3.8) is 0 Å². The van der Waals surface area contributed by atoms with Crippen LogP contribution >= 0.6 is 0 Å². The highest BCUT2D eigenvalue weighted by molar-refractivity contribution is 5.48. The lowest BCUT2D eigenvalue weighted by molar-refractivity contribution is -0.386. The molecule has 4 heteroatoms. The minimum atomic E-state index is -1.19. The van der Waals surface area contributed by atoms with Gasteiger partial charge in [-0.1, -0.05) is 12.1 Å². The third kappa shape index (κ3) is 1.90. The Hall–Kier alpha value is -1.42. The standard InChI is InChI=1S/C10H13NO3/c1-7-5-4-6-8(11(13)14)9(7)10(2,3)12/h4-6,12H,1-3H3. The Balaban J connectivity index is 3.45. The molecular weight excluding hydrogens is 182 g/mol. The predicted molar refractivity (Wildman–Crippen MR) is 53.1 cm³/mol. The fourth-order valence-corrected chi connectivity index (χ4v) is 1.60. The van der Waals surface area contributed by atoms with Gasteiger partial charge in [0, 0.05) is 6.07 Å². The molecule has 0 radical (unpaired) electrons. The van der Waals surface area contributed by atoms with Crippen LogP contribution in [0.4, 0.5) is 5.69 Å². The molecule has 1 aromatic rings. The number of nitro benzene ring substituents is 1. The summed E-state index contributed by atoms with van der Waals surface area (Å²) in [5.74, 6) is 0. The predicted octanol–water partition coefficient (Wildman–Crippen LogP) is 2.13. The van der Waals surface area contributed by atoms with Gasteiger partial charge in [-0.3, -0.25) is 10.1 Å². The van der Waals surface area contributed by atoms with Gasteiger partial charge < -0.3 is 5.11 Å². The van der Waals surface area contributed by atoms with Crippen molar-refractivity contribution >= 4 is 5.69 Å². The molecule has 0 heterocycles. The molecule has 0 spiro atoms. The Labute approximate surface area is 82.3 Å². The summed E-state index contributed by atoms with van der Waals surface area (Å²) in [6.45, 7) is 4.84. The van der Waals surface area contributed by atoms with Gasteiger partial charge in [-0.25, -0.2) is 0 Å². The minimum Gasteiger partial charge on any atom is -0.385 e. The van der Waals surface area contributed by atoms with Gasteiger partial charge in [-0.2, -0.15) is 0 Å². The van der Waals surface area contributed by atoms with Crippen molar-refractivity contribution in [3.8, 4) is 0 Å². The van der Waals surface area contributed by atoms with E-state index < -0.39 is 10.5 Å². The summed E-state index contributed by atoms with van der Waals surface area (Å²) in [6.07, 6.45) is 0. The molecule has 1 N–H and O–H groups in total. The van der Waals surface area contributed by atoms with E-state index in [2.05, 4.69) is 0 Å². The van der Waals surface area contributed by atoms with Crippen LogP contribution < -0.4 is 0 Å². The van der Waals surface area contributed by atoms with Crippen LogP contribution in [0.5, 0.6) is 0 Å². The van der Waals surface area contributed by atoms with E-state index in [1.54, 1.807) is 32.9 Å². The minimum absolute atomic E-state index is 0.0301. The highest BCUT2D eigenvalue weighted by Gasteiger charge is 2.27. The van der Waals surface area contributed by atoms with E-state index in [0.29, 0.717) is 5.56 Å². The lowest BCUT2D eigenvalue weighted by atomic mass is 9.92. The van der Waals surface area contributed by atoms with Crippen LogP contribution in [-0.2, 0) is 5.60 Å². The first-order valence-electron chi connectivity index (χ1n) is 4.31. The number of aliphatic hydroxyl groups is 1. The van der Waals surface area contributed by atoms with Crippen LogP contribution in [0.25, 0.3) is 0 Å². The van der Waals surface area contributed by atoms with Gasteiger partial charge in [0.15, 0.2) is 0 Å². The first-order chi connectivity index (χ1) is 6.34. The summed E-state index contributed by atoms with van der Waals surface area (Å²) in [4.78, 5) is 10.2. The number of benzene rings is 1. The average molecular weight is 195 g/mol. The van der Waals surface area contributed by atoms with Crippen molar-refractivity contribution in [2.75, 3.05) is 0 Å². The molecule has 0 amide bonds. The molecule has 4 nitrogen and oxygen atoms in total. The van der Waals surface area contributed by atoms with Crippen molar-refractivity contribution in [1.82, 2.24) is 0 Å². The molecular formula is C10H13NO3. The van der Waals surface area contributed by atoms with Crippen molar-refractivity contribution in [3.05, 3.63) is 39.4 Å². The number of nitro groups is 1. The lowest BCUT2D eigenvalue weighted by Crippen LogP contribution is -2.19. The molecule has 14 heavy (non-hydrogen) atoms. The van der Waals surface area contributed by atoms with Crippen LogP contribution in [0, 0.1) is 17.0 Å². The molecule has 0 bridgehead atoms. The molecule has 0 fully saturated rings. The lowest BCUT2D eigenvalue weighted by Gasteiger charge is -2.19. The zero-order valence-electron chi connectivity index (χ0n) is 8.44. The Kier molecular flexibility index (Phi) is 2.57. The maximum Gasteiger partial charge on any atom is 0.275 e. The number of hydrogen-bond donors (Lipinski definition) is 1. The van der Waals surface area contributed by atoms with Gasteiger partial charge >= 0.3 is 0 Å². The Morgan fingerprint density at radius 1 is 1.43 bits per heavy atom. The first kappa shape index (κ1) is 10.7. The van der Waals surface area contributed by atoms with Crippen LogP contribution in [-0.4, -0.2) is 10.0 Å². The van der Waals surface area contributed by atoms with Gasteiger partial charge in [0.25, 0.3) is 5.69 Å². The van der Waals surface area contributed by atoms with Crippen LogP contribution in [0.15, 0.2) is 18.2 Å². The van der Waals surface area contributed by atoms with E-state index in [4.69, 9.17) is 0 Å². The average Bonchev–Trinajstić information content (AvgIpc) is 2.01. The normalized spacial score (nSPS) is 11.4. The Morgan fingerprint density at radius 3 is 2.36 bits per heavy atom. The maximum absolute atomic E-state index is 10.7. The van der Waals surface area contributed by atoms with E-state index in [1.165, 1.54) is 6.07 Å². The van der Waals surface area contributed by atoms with Gasteiger partial charge in [-0.15, -0.1) is 0 Å². The highest BCUT2D eigenvalue weighted by Crippen LogP contribution is 2.31. The van der Waals surface area contributed by atoms with Crippen LogP contribution in [0.2, 0.25) is 0 Å². The van der Waals surface area contributed by atoms with Crippen molar-refractivity contribution < 1.29 is 10.0 Å². The molecule has 0 aliphatic carbocycles. The van der Waals surface area contributed by atoms with Gasteiger partial charge in [0.05, 0.1) is 16.1 Å². The Morgan fingerprint density at radius 2 is 2.00 bits per heavy atom. The third-order valence-electron chi connectivity index (χ3n) is 2.06. The zero-order valence-corrected chi connectivity index (χ0v) is 8.44.